The molecule has 0 aliphatic carbocycles. The zero-order chi connectivity index (χ0) is 32.5. The van der Waals surface area contributed by atoms with Crippen LogP contribution in [0.25, 0.3) is 11.3 Å². The molecule has 1 aliphatic heterocycles. The normalized spacial score (nSPS) is 13.2. The fraction of sp³-hybridized carbons (Fsp3) is 0.324. The summed E-state index contributed by atoms with van der Waals surface area (Å²) >= 11 is 0. The van der Waals surface area contributed by atoms with E-state index in [0.717, 1.165) is 32.1 Å². The molecule has 1 aromatic heterocycles. The SMILES string of the molecule is COc1ccc(OC)c(N(C)C(=O)Oc2cc(-c3cccc(F)c3F)nc(Nc3cccc(OCCCN4CCCCC4)c3)n2)c1. The number of nitrogens with one attached hydrogen (secondary N) is 1. The van der Waals surface area contributed by atoms with E-state index in [1.54, 1.807) is 30.3 Å². The Balaban J connectivity index is 1.36. The van der Waals surface area contributed by atoms with Crippen molar-refractivity contribution in [1.82, 2.24) is 14.9 Å². The third-order valence-corrected chi connectivity index (χ3v) is 7.57. The zero-order valence-corrected chi connectivity index (χ0v) is 26.1. The number of carbonyl (C=O) groups is 1. The van der Waals surface area contributed by atoms with Gasteiger partial charge in [-0.25, -0.2) is 18.6 Å². The number of piperidine rings is 1. The van der Waals surface area contributed by atoms with Crippen LogP contribution in [-0.2, 0) is 0 Å². The van der Waals surface area contributed by atoms with Crippen molar-refractivity contribution >= 4 is 23.4 Å². The van der Waals surface area contributed by atoms with Crippen LogP contribution < -0.4 is 29.2 Å². The number of benzene rings is 3. The van der Waals surface area contributed by atoms with Gasteiger partial charge in [0.25, 0.3) is 0 Å². The molecule has 0 atom stereocenters. The van der Waals surface area contributed by atoms with Crippen molar-refractivity contribution in [1.29, 1.82) is 0 Å². The predicted molar refractivity (Wildman–Crippen MR) is 171 cm³/mol. The molecule has 1 saturated heterocycles. The van der Waals surface area contributed by atoms with Gasteiger partial charge in [-0.3, -0.25) is 4.90 Å². The fourth-order valence-electron chi connectivity index (χ4n) is 5.14. The average molecular weight is 634 g/mol. The van der Waals surface area contributed by atoms with Crippen LogP contribution >= 0.6 is 0 Å². The number of rotatable bonds is 12. The maximum Gasteiger partial charge on any atom is 0.420 e. The Morgan fingerprint density at radius 2 is 1.74 bits per heavy atom. The lowest BCUT2D eigenvalue weighted by molar-refractivity contribution is 0.205. The molecule has 10 nitrogen and oxygen atoms in total. The molecule has 0 spiro atoms. The number of hydrogen-bond donors (Lipinski definition) is 1. The molecule has 0 saturated carbocycles. The standard InChI is InChI=1S/C34H37F2N5O5/c1-40(29-21-24(43-2)14-15-30(29)44-3)34(42)46-31-22-28(26-12-8-13-27(35)32(26)36)38-33(39-31)37-23-10-7-11-25(20-23)45-19-9-18-41-16-5-4-6-17-41/h7-8,10-15,20-22H,4-6,9,16-19H2,1-3H3,(H,37,38,39). The Hall–Kier alpha value is -4.97. The number of hydrogen-bond acceptors (Lipinski definition) is 9. The van der Waals surface area contributed by atoms with Crippen LogP contribution in [0.5, 0.6) is 23.1 Å². The van der Waals surface area contributed by atoms with Crippen LogP contribution in [0.2, 0.25) is 0 Å². The number of ether oxygens (including phenoxy) is 4. The predicted octanol–water partition coefficient (Wildman–Crippen LogP) is 7.07. The van der Waals surface area contributed by atoms with Crippen molar-refractivity contribution in [3.05, 3.63) is 78.4 Å². The lowest BCUT2D eigenvalue weighted by Crippen LogP contribution is -2.31. The van der Waals surface area contributed by atoms with E-state index in [1.165, 1.54) is 63.6 Å². The average Bonchev–Trinajstić information content (AvgIpc) is 3.07. The number of halogens is 2. The van der Waals surface area contributed by atoms with Gasteiger partial charge in [-0.1, -0.05) is 18.6 Å². The number of carbonyl (C=O) groups excluding carboxylic acids is 1. The van der Waals surface area contributed by atoms with Gasteiger partial charge in [0.2, 0.25) is 11.8 Å². The quantitative estimate of drug-likeness (QED) is 0.164. The topological polar surface area (TPSA) is 98.3 Å². The molecule has 46 heavy (non-hydrogen) atoms. The molecular formula is C34H37F2N5O5. The number of methoxy groups -OCH3 is 2. The van der Waals surface area contributed by atoms with Crippen LogP contribution in [0, 0.1) is 11.6 Å². The highest BCUT2D eigenvalue weighted by Gasteiger charge is 2.21. The third-order valence-electron chi connectivity index (χ3n) is 7.57. The molecule has 4 aromatic rings. The van der Waals surface area contributed by atoms with Crippen LogP contribution in [0.15, 0.2) is 66.7 Å². The highest BCUT2D eigenvalue weighted by Crippen LogP contribution is 2.33. The van der Waals surface area contributed by atoms with Gasteiger partial charge in [-0.2, -0.15) is 4.98 Å². The number of amides is 1. The van der Waals surface area contributed by atoms with E-state index in [2.05, 4.69) is 20.2 Å². The van der Waals surface area contributed by atoms with E-state index in [-0.39, 0.29) is 23.1 Å². The fourth-order valence-corrected chi connectivity index (χ4v) is 5.14. The maximum absolute atomic E-state index is 14.8. The number of anilines is 3. The summed E-state index contributed by atoms with van der Waals surface area (Å²) in [4.78, 5) is 25.7. The summed E-state index contributed by atoms with van der Waals surface area (Å²) < 4.78 is 51.3. The van der Waals surface area contributed by atoms with Gasteiger partial charge in [0, 0.05) is 43.0 Å². The van der Waals surface area contributed by atoms with E-state index in [4.69, 9.17) is 18.9 Å². The monoisotopic (exact) mass is 633 g/mol. The summed E-state index contributed by atoms with van der Waals surface area (Å²) in [5.41, 5.74) is 0.838. The molecule has 5 rings (SSSR count). The molecule has 0 bridgehead atoms. The van der Waals surface area contributed by atoms with Crippen molar-refractivity contribution in [2.24, 2.45) is 0 Å². The van der Waals surface area contributed by atoms with Crippen LogP contribution in [0.4, 0.5) is 30.9 Å². The second kappa shape index (κ2) is 15.3. The molecule has 0 radical (unpaired) electrons. The molecule has 12 heteroatoms. The summed E-state index contributed by atoms with van der Waals surface area (Å²) in [5.74, 6) is -0.784. The van der Waals surface area contributed by atoms with E-state index in [0.29, 0.717) is 35.2 Å². The lowest BCUT2D eigenvalue weighted by Gasteiger charge is -2.26. The first-order valence-corrected chi connectivity index (χ1v) is 15.1. The summed E-state index contributed by atoms with van der Waals surface area (Å²) in [7, 11) is 4.47. The molecule has 1 N–H and O–H groups in total. The Labute approximate surface area is 266 Å². The minimum atomic E-state index is -1.09. The Bertz CT molecular complexity index is 1650. The van der Waals surface area contributed by atoms with Crippen molar-refractivity contribution in [3.8, 4) is 34.4 Å². The molecule has 1 fully saturated rings. The number of likely N-dealkylation sites (tertiary alicyclic amines) is 1. The van der Waals surface area contributed by atoms with E-state index >= 15 is 0 Å². The Morgan fingerprint density at radius 3 is 2.52 bits per heavy atom. The third kappa shape index (κ3) is 8.19. The van der Waals surface area contributed by atoms with Gasteiger partial charge in [0.05, 0.1) is 32.2 Å². The van der Waals surface area contributed by atoms with Gasteiger partial charge in [-0.05, 0) is 68.8 Å². The van der Waals surface area contributed by atoms with Gasteiger partial charge < -0.3 is 29.2 Å². The highest BCUT2D eigenvalue weighted by atomic mass is 19.2. The van der Waals surface area contributed by atoms with Crippen molar-refractivity contribution in [2.45, 2.75) is 25.7 Å². The highest BCUT2D eigenvalue weighted by molar-refractivity contribution is 5.90. The summed E-state index contributed by atoms with van der Waals surface area (Å²) in [5, 5.41) is 3.07. The second-order valence-electron chi connectivity index (χ2n) is 10.7. The van der Waals surface area contributed by atoms with E-state index < -0.39 is 17.7 Å². The molecule has 3 aromatic carbocycles. The van der Waals surface area contributed by atoms with E-state index in [1.807, 2.05) is 12.1 Å². The zero-order valence-electron chi connectivity index (χ0n) is 26.1. The first-order chi connectivity index (χ1) is 22.3. The summed E-state index contributed by atoms with van der Waals surface area (Å²) in [6, 6.07) is 17.2. The first-order valence-electron chi connectivity index (χ1n) is 15.1. The lowest BCUT2D eigenvalue weighted by atomic mass is 10.1. The van der Waals surface area contributed by atoms with Crippen LogP contribution in [0.1, 0.15) is 25.7 Å². The Morgan fingerprint density at radius 1 is 0.935 bits per heavy atom. The molecule has 0 unspecified atom stereocenters. The summed E-state index contributed by atoms with van der Waals surface area (Å²) in [6.07, 6.45) is 3.89. The van der Waals surface area contributed by atoms with Crippen LogP contribution in [-0.4, -0.2) is 68.5 Å². The maximum atomic E-state index is 14.8. The van der Waals surface area contributed by atoms with Crippen molar-refractivity contribution < 1.29 is 32.5 Å². The summed E-state index contributed by atoms with van der Waals surface area (Å²) in [6.45, 7) is 3.84. The molecule has 242 valence electrons. The van der Waals surface area contributed by atoms with Gasteiger partial charge in [0.15, 0.2) is 11.6 Å². The molecule has 1 amide bonds. The largest absolute Gasteiger partial charge is 0.497 e. The molecule has 1 aliphatic rings. The first kappa shape index (κ1) is 32.4. The van der Waals surface area contributed by atoms with Crippen molar-refractivity contribution in [2.75, 3.05) is 57.7 Å². The van der Waals surface area contributed by atoms with Crippen LogP contribution in [0.3, 0.4) is 0 Å². The van der Waals surface area contributed by atoms with Crippen molar-refractivity contribution in [3.63, 3.8) is 0 Å². The Kier molecular flexibility index (Phi) is 10.8. The van der Waals surface area contributed by atoms with Gasteiger partial charge in [-0.15, -0.1) is 0 Å². The van der Waals surface area contributed by atoms with Gasteiger partial charge in [0.1, 0.15) is 17.2 Å². The molecule has 2 heterocycles. The minimum Gasteiger partial charge on any atom is -0.497 e. The molecular weight excluding hydrogens is 596 g/mol. The minimum absolute atomic E-state index is 0.00373. The number of nitrogens with zero attached hydrogens (tertiary/aromatic N) is 4. The van der Waals surface area contributed by atoms with Gasteiger partial charge >= 0.3 is 6.09 Å². The smallest absolute Gasteiger partial charge is 0.420 e. The second-order valence-corrected chi connectivity index (χ2v) is 10.7. The number of aromatic nitrogens is 2. The van der Waals surface area contributed by atoms with E-state index in [9.17, 15) is 13.6 Å².